The van der Waals surface area contributed by atoms with E-state index < -0.39 is 0 Å². The number of halogens is 1. The van der Waals surface area contributed by atoms with Gasteiger partial charge < -0.3 is 14.4 Å². The molecule has 0 saturated heterocycles. The number of rotatable bonds is 10. The zero-order chi connectivity index (χ0) is 26.5. The van der Waals surface area contributed by atoms with Gasteiger partial charge in [0.05, 0.1) is 31.3 Å². The predicted octanol–water partition coefficient (Wildman–Crippen LogP) is 5.57. The largest absolute Gasteiger partial charge is 0.497 e. The summed E-state index contributed by atoms with van der Waals surface area (Å²) < 4.78 is 12.5. The van der Waals surface area contributed by atoms with Crippen LogP contribution in [0.4, 0.5) is 5.13 Å². The Bertz CT molecular complexity index is 1370. The zero-order valence-electron chi connectivity index (χ0n) is 21.6. The minimum atomic E-state index is -0.234. The van der Waals surface area contributed by atoms with Crippen LogP contribution in [-0.2, 0) is 0 Å². The van der Waals surface area contributed by atoms with Crippen molar-refractivity contribution in [3.05, 3.63) is 70.3 Å². The van der Waals surface area contributed by atoms with Gasteiger partial charge in [0.25, 0.3) is 5.91 Å². The summed E-state index contributed by atoms with van der Waals surface area (Å²) in [4.78, 5) is 22.6. The number of para-hydroxylation sites is 1. The number of amides is 1. The van der Waals surface area contributed by atoms with Crippen molar-refractivity contribution in [2.45, 2.75) is 13.3 Å². The molecular formula is C27H30ClN5O3S. The molecule has 0 spiro atoms. The number of thiazole rings is 1. The van der Waals surface area contributed by atoms with Gasteiger partial charge in [0.1, 0.15) is 22.2 Å². The van der Waals surface area contributed by atoms with E-state index in [0.717, 1.165) is 24.2 Å². The molecule has 0 radical (unpaired) electrons. The number of hydrogen-bond donors (Lipinski definition) is 0. The van der Waals surface area contributed by atoms with Gasteiger partial charge in [-0.1, -0.05) is 29.8 Å². The SMILES string of the molecule is COc1ccc(OC)c(-c2csc(N(CCCN(C)C)C(=O)c3c(C)nn(-c4ccccc4)c3Cl)n2)c1. The first-order chi connectivity index (χ1) is 17.8. The van der Waals surface area contributed by atoms with Crippen molar-refractivity contribution in [2.75, 3.05) is 46.3 Å². The minimum absolute atomic E-state index is 0.234. The lowest BCUT2D eigenvalue weighted by molar-refractivity contribution is 0.0985. The fraction of sp³-hybridized carbons (Fsp3) is 0.296. The van der Waals surface area contributed by atoms with Crippen molar-refractivity contribution in [1.82, 2.24) is 19.7 Å². The van der Waals surface area contributed by atoms with Crippen LogP contribution in [0.2, 0.25) is 5.15 Å². The highest BCUT2D eigenvalue weighted by Gasteiger charge is 2.28. The molecule has 0 unspecified atom stereocenters. The van der Waals surface area contributed by atoms with E-state index in [-0.39, 0.29) is 11.1 Å². The van der Waals surface area contributed by atoms with E-state index in [0.29, 0.717) is 40.1 Å². The number of ether oxygens (including phenoxy) is 2. The molecule has 194 valence electrons. The van der Waals surface area contributed by atoms with Crippen LogP contribution < -0.4 is 14.4 Å². The number of carbonyl (C=O) groups excluding carboxylic acids is 1. The Morgan fingerprint density at radius 3 is 2.51 bits per heavy atom. The Balaban J connectivity index is 1.72. The van der Waals surface area contributed by atoms with Crippen LogP contribution in [-0.4, -0.2) is 67.0 Å². The second kappa shape index (κ2) is 11.8. The Hall–Kier alpha value is -3.40. The number of aryl methyl sites for hydroxylation is 1. The molecule has 0 aliphatic rings. The number of hydrogen-bond acceptors (Lipinski definition) is 7. The van der Waals surface area contributed by atoms with Gasteiger partial charge in [-0.3, -0.25) is 9.69 Å². The van der Waals surface area contributed by atoms with Crippen LogP contribution in [0.3, 0.4) is 0 Å². The zero-order valence-corrected chi connectivity index (χ0v) is 23.1. The van der Waals surface area contributed by atoms with Crippen molar-refractivity contribution >= 4 is 34.0 Å². The normalized spacial score (nSPS) is 11.1. The molecule has 4 rings (SSSR count). The molecule has 8 nitrogen and oxygen atoms in total. The van der Waals surface area contributed by atoms with Gasteiger partial charge >= 0.3 is 0 Å². The third-order valence-corrected chi connectivity index (χ3v) is 7.07. The topological polar surface area (TPSA) is 72.7 Å². The third-order valence-electron chi connectivity index (χ3n) is 5.86. The summed E-state index contributed by atoms with van der Waals surface area (Å²) in [6.07, 6.45) is 0.764. The van der Waals surface area contributed by atoms with Crippen molar-refractivity contribution in [1.29, 1.82) is 0 Å². The first-order valence-electron chi connectivity index (χ1n) is 11.8. The van der Waals surface area contributed by atoms with Crippen LogP contribution in [0.5, 0.6) is 11.5 Å². The lowest BCUT2D eigenvalue weighted by atomic mass is 10.1. The molecule has 37 heavy (non-hydrogen) atoms. The lowest BCUT2D eigenvalue weighted by Gasteiger charge is -2.21. The van der Waals surface area contributed by atoms with E-state index in [1.165, 1.54) is 11.3 Å². The van der Waals surface area contributed by atoms with Gasteiger partial charge in [0.15, 0.2) is 5.13 Å². The van der Waals surface area contributed by atoms with E-state index in [4.69, 9.17) is 26.1 Å². The van der Waals surface area contributed by atoms with E-state index in [1.807, 2.05) is 68.0 Å². The Kier molecular flexibility index (Phi) is 8.48. The smallest absolute Gasteiger partial charge is 0.265 e. The fourth-order valence-electron chi connectivity index (χ4n) is 3.97. The van der Waals surface area contributed by atoms with Crippen molar-refractivity contribution in [2.24, 2.45) is 0 Å². The number of aromatic nitrogens is 3. The second-order valence-corrected chi connectivity index (χ2v) is 9.89. The summed E-state index contributed by atoms with van der Waals surface area (Å²) in [7, 11) is 7.25. The molecule has 0 aliphatic heterocycles. The van der Waals surface area contributed by atoms with Crippen LogP contribution >= 0.6 is 22.9 Å². The van der Waals surface area contributed by atoms with E-state index in [2.05, 4.69) is 10.00 Å². The van der Waals surface area contributed by atoms with Crippen molar-refractivity contribution in [3.8, 4) is 28.4 Å². The molecule has 0 saturated carbocycles. The highest BCUT2D eigenvalue weighted by Crippen LogP contribution is 2.37. The van der Waals surface area contributed by atoms with Gasteiger partial charge in [0, 0.05) is 17.5 Å². The molecule has 10 heteroatoms. The van der Waals surface area contributed by atoms with Crippen LogP contribution in [0, 0.1) is 6.92 Å². The average Bonchev–Trinajstić information content (AvgIpc) is 3.50. The Morgan fingerprint density at radius 1 is 1.08 bits per heavy atom. The Labute approximate surface area is 226 Å². The maximum atomic E-state index is 14.0. The molecule has 0 N–H and O–H groups in total. The first kappa shape index (κ1) is 26.7. The summed E-state index contributed by atoms with van der Waals surface area (Å²) in [5.74, 6) is 1.13. The number of anilines is 1. The lowest BCUT2D eigenvalue weighted by Crippen LogP contribution is -2.34. The molecular weight excluding hydrogens is 510 g/mol. The van der Waals surface area contributed by atoms with Gasteiger partial charge in [0.2, 0.25) is 0 Å². The van der Waals surface area contributed by atoms with Crippen LogP contribution in [0.1, 0.15) is 22.5 Å². The van der Waals surface area contributed by atoms with Gasteiger partial charge in [-0.25, -0.2) is 9.67 Å². The maximum Gasteiger partial charge on any atom is 0.265 e. The molecule has 0 fully saturated rings. The van der Waals surface area contributed by atoms with Crippen LogP contribution in [0.25, 0.3) is 16.9 Å². The average molecular weight is 540 g/mol. The van der Waals surface area contributed by atoms with E-state index >= 15 is 0 Å². The monoisotopic (exact) mass is 539 g/mol. The molecule has 0 bridgehead atoms. The molecule has 2 aromatic carbocycles. The minimum Gasteiger partial charge on any atom is -0.497 e. The summed E-state index contributed by atoms with van der Waals surface area (Å²) in [5, 5.41) is 7.33. The van der Waals surface area contributed by atoms with Crippen molar-refractivity contribution in [3.63, 3.8) is 0 Å². The molecule has 4 aromatic rings. The van der Waals surface area contributed by atoms with Crippen LogP contribution in [0.15, 0.2) is 53.9 Å². The van der Waals surface area contributed by atoms with Crippen molar-refractivity contribution < 1.29 is 14.3 Å². The summed E-state index contributed by atoms with van der Waals surface area (Å²) in [5.41, 5.74) is 3.20. The molecule has 1 amide bonds. The number of benzene rings is 2. The molecule has 2 aromatic heterocycles. The number of carbonyl (C=O) groups is 1. The van der Waals surface area contributed by atoms with Gasteiger partial charge in [-0.2, -0.15) is 5.10 Å². The number of methoxy groups -OCH3 is 2. The highest BCUT2D eigenvalue weighted by molar-refractivity contribution is 7.14. The molecule has 2 heterocycles. The quantitative estimate of drug-likeness (QED) is 0.262. The fourth-order valence-corrected chi connectivity index (χ4v) is 5.17. The number of nitrogens with zero attached hydrogens (tertiary/aromatic N) is 5. The second-order valence-electron chi connectivity index (χ2n) is 8.69. The standard InChI is InChI=1S/C27H30ClN5O3S/c1-18-24(25(28)33(30-18)19-10-7-6-8-11-19)26(34)32(15-9-14-31(2)3)27-29-22(17-37-27)21-16-20(35-4)12-13-23(21)36-5/h6-8,10-13,16-17H,9,14-15H2,1-5H3. The third kappa shape index (κ3) is 5.79. The molecule has 0 aliphatic carbocycles. The Morgan fingerprint density at radius 2 is 1.84 bits per heavy atom. The molecule has 0 atom stereocenters. The van der Waals surface area contributed by atoms with Gasteiger partial charge in [-0.15, -0.1) is 11.3 Å². The highest BCUT2D eigenvalue weighted by atomic mass is 35.5. The van der Waals surface area contributed by atoms with E-state index in [1.54, 1.807) is 30.7 Å². The summed E-state index contributed by atoms with van der Waals surface area (Å²) in [6, 6.07) is 15.1. The van der Waals surface area contributed by atoms with E-state index in [9.17, 15) is 4.79 Å². The van der Waals surface area contributed by atoms with Gasteiger partial charge in [-0.05, 0) is 64.3 Å². The first-order valence-corrected chi connectivity index (χ1v) is 13.0. The predicted molar refractivity (Wildman–Crippen MR) is 149 cm³/mol. The maximum absolute atomic E-state index is 14.0. The summed E-state index contributed by atoms with van der Waals surface area (Å²) >= 11 is 8.14. The summed E-state index contributed by atoms with van der Waals surface area (Å²) in [6.45, 7) is 3.10.